The molecule has 0 bridgehead atoms. The zero-order valence-corrected chi connectivity index (χ0v) is 14.0. The lowest BCUT2D eigenvalue weighted by Crippen LogP contribution is -2.62. The van der Waals surface area contributed by atoms with Gasteiger partial charge in [0.05, 0.1) is 0 Å². The number of rotatable bonds is 0. The summed E-state index contributed by atoms with van der Waals surface area (Å²) in [5.41, 5.74) is 4.40. The van der Waals surface area contributed by atoms with Crippen LogP contribution in [0.5, 0.6) is 0 Å². The van der Waals surface area contributed by atoms with Crippen LogP contribution >= 0.6 is 0 Å². The lowest BCUT2D eigenvalue weighted by atomic mass is 9.46. The molecule has 0 amide bonds. The van der Waals surface area contributed by atoms with Gasteiger partial charge < -0.3 is 15.9 Å². The second kappa shape index (κ2) is 4.47. The Morgan fingerprint density at radius 3 is 2.57 bits per heavy atom. The van der Waals surface area contributed by atoms with Gasteiger partial charge in [-0.25, -0.2) is 4.39 Å². The zero-order valence-electron chi connectivity index (χ0n) is 14.0. The molecular formula is C19H28FNO2. The molecule has 0 saturated heterocycles. The summed E-state index contributed by atoms with van der Waals surface area (Å²) in [5, 5.41) is 19.9. The average Bonchev–Trinajstić information content (AvgIpc) is 2.77. The van der Waals surface area contributed by atoms with E-state index in [9.17, 15) is 10.2 Å². The van der Waals surface area contributed by atoms with E-state index in [1.807, 2.05) is 19.1 Å². The van der Waals surface area contributed by atoms with Gasteiger partial charge in [-0.3, -0.25) is 0 Å². The SMILES string of the molecule is C[C@]12CC[C@@]3(F)[C@@H](C=CC4CC(O)(O)C=C[C@@]43C)[C@@H]1CC[C@@H]2N. The van der Waals surface area contributed by atoms with Crippen LogP contribution in [0, 0.1) is 28.6 Å². The van der Waals surface area contributed by atoms with E-state index >= 15 is 4.39 Å². The molecule has 4 aliphatic carbocycles. The summed E-state index contributed by atoms with van der Waals surface area (Å²) in [6, 6.07) is 0.167. The second-order valence-corrected chi connectivity index (χ2v) is 8.87. The molecule has 128 valence electrons. The number of halogens is 1. The number of nitrogens with two attached hydrogens (primary N) is 1. The molecule has 0 heterocycles. The summed E-state index contributed by atoms with van der Waals surface area (Å²) in [4.78, 5) is 0. The third kappa shape index (κ3) is 1.86. The lowest BCUT2D eigenvalue weighted by Gasteiger charge is -2.60. The highest BCUT2D eigenvalue weighted by Crippen LogP contribution is 2.66. The Hall–Kier alpha value is -0.710. The van der Waals surface area contributed by atoms with Crippen LogP contribution in [0.3, 0.4) is 0 Å². The molecule has 0 aliphatic heterocycles. The number of alkyl halides is 1. The Morgan fingerprint density at radius 2 is 1.83 bits per heavy atom. The van der Waals surface area contributed by atoms with Crippen LogP contribution in [-0.4, -0.2) is 27.7 Å². The monoisotopic (exact) mass is 321 g/mol. The summed E-state index contributed by atoms with van der Waals surface area (Å²) in [5.74, 6) is -1.83. The van der Waals surface area contributed by atoms with Crippen LogP contribution in [0.15, 0.2) is 24.3 Å². The van der Waals surface area contributed by atoms with Gasteiger partial charge >= 0.3 is 0 Å². The fraction of sp³-hybridized carbons (Fsp3) is 0.789. The molecule has 7 atom stereocenters. The van der Waals surface area contributed by atoms with Gasteiger partial charge in [0.25, 0.3) is 0 Å². The van der Waals surface area contributed by atoms with Crippen molar-refractivity contribution in [1.82, 2.24) is 0 Å². The van der Waals surface area contributed by atoms with E-state index in [1.54, 1.807) is 6.08 Å². The first-order valence-electron chi connectivity index (χ1n) is 8.90. The van der Waals surface area contributed by atoms with Crippen LogP contribution in [-0.2, 0) is 0 Å². The molecule has 0 aromatic rings. The van der Waals surface area contributed by atoms with Crippen LogP contribution in [0.4, 0.5) is 4.39 Å². The summed E-state index contributed by atoms with van der Waals surface area (Å²) in [7, 11) is 0. The molecule has 0 aromatic heterocycles. The first-order valence-corrected chi connectivity index (χ1v) is 8.90. The molecule has 2 saturated carbocycles. The van der Waals surface area contributed by atoms with Gasteiger partial charge in [-0.15, -0.1) is 0 Å². The molecular weight excluding hydrogens is 293 g/mol. The van der Waals surface area contributed by atoms with Crippen molar-refractivity contribution in [3.8, 4) is 0 Å². The van der Waals surface area contributed by atoms with Gasteiger partial charge in [-0.2, -0.15) is 0 Å². The van der Waals surface area contributed by atoms with E-state index in [2.05, 4.69) is 6.92 Å². The van der Waals surface area contributed by atoms with Gasteiger partial charge in [0, 0.05) is 23.8 Å². The van der Waals surface area contributed by atoms with E-state index in [4.69, 9.17) is 5.73 Å². The summed E-state index contributed by atoms with van der Waals surface area (Å²) >= 11 is 0. The first kappa shape index (κ1) is 15.8. The highest BCUT2D eigenvalue weighted by atomic mass is 19.1. The Labute approximate surface area is 137 Å². The maximum absolute atomic E-state index is 16.4. The predicted octanol–water partition coefficient (Wildman–Crippen LogP) is 2.68. The molecule has 2 fully saturated rings. The summed E-state index contributed by atoms with van der Waals surface area (Å²) in [6.45, 7) is 4.19. The van der Waals surface area contributed by atoms with Gasteiger partial charge in [0.2, 0.25) is 0 Å². The standard InChI is InChI=1S/C19H28FNO2/c1-16-7-10-19(20)14(13(16)5-6-15(16)21)4-3-12-11-18(22,23)9-8-17(12,19)2/h3-4,8-9,12-15,22-23H,5-7,10-11,21H2,1-2H3/t12?,13-,14-,15-,16-,17-,19+/m0/s1. The van der Waals surface area contributed by atoms with Gasteiger partial charge in [-0.05, 0) is 49.0 Å². The zero-order chi connectivity index (χ0) is 16.7. The first-order chi connectivity index (χ1) is 10.6. The number of fused-ring (bicyclic) bond motifs is 5. The molecule has 0 radical (unpaired) electrons. The topological polar surface area (TPSA) is 66.5 Å². The van der Waals surface area contributed by atoms with E-state index < -0.39 is 16.9 Å². The lowest BCUT2D eigenvalue weighted by molar-refractivity contribution is -0.172. The van der Waals surface area contributed by atoms with E-state index in [1.165, 1.54) is 6.08 Å². The average molecular weight is 321 g/mol. The van der Waals surface area contributed by atoms with E-state index in [0.717, 1.165) is 19.3 Å². The van der Waals surface area contributed by atoms with Crippen molar-refractivity contribution >= 4 is 0 Å². The Bertz CT molecular complexity index is 588. The fourth-order valence-corrected chi connectivity index (χ4v) is 6.11. The van der Waals surface area contributed by atoms with Crippen molar-refractivity contribution in [3.63, 3.8) is 0 Å². The second-order valence-electron chi connectivity index (χ2n) is 8.87. The maximum Gasteiger partial charge on any atom is 0.183 e. The smallest absolute Gasteiger partial charge is 0.183 e. The molecule has 1 unspecified atom stereocenters. The highest BCUT2D eigenvalue weighted by molar-refractivity contribution is 5.31. The molecule has 3 nitrogen and oxygen atoms in total. The van der Waals surface area contributed by atoms with Crippen molar-refractivity contribution in [2.24, 2.45) is 34.3 Å². The molecule has 4 N–H and O–H groups in total. The summed E-state index contributed by atoms with van der Waals surface area (Å²) < 4.78 is 16.4. The Balaban J connectivity index is 1.78. The van der Waals surface area contributed by atoms with Gasteiger partial charge in [0.15, 0.2) is 5.79 Å². The van der Waals surface area contributed by atoms with Crippen molar-refractivity contribution < 1.29 is 14.6 Å². The normalized spacial score (nSPS) is 56.8. The minimum Gasteiger partial charge on any atom is -0.362 e. The third-order valence-electron chi connectivity index (χ3n) is 7.91. The van der Waals surface area contributed by atoms with Crippen molar-refractivity contribution in [3.05, 3.63) is 24.3 Å². The van der Waals surface area contributed by atoms with Gasteiger partial charge in [-0.1, -0.05) is 32.1 Å². The van der Waals surface area contributed by atoms with Crippen LogP contribution in [0.25, 0.3) is 0 Å². The predicted molar refractivity (Wildman–Crippen MR) is 87.0 cm³/mol. The Kier molecular flexibility index (Phi) is 3.07. The number of hydrogen-bond acceptors (Lipinski definition) is 3. The van der Waals surface area contributed by atoms with E-state index in [-0.39, 0.29) is 35.6 Å². The minimum absolute atomic E-state index is 0.0316. The summed E-state index contributed by atoms with van der Waals surface area (Å²) in [6.07, 6.45) is 10.6. The molecule has 0 aromatic carbocycles. The van der Waals surface area contributed by atoms with Crippen LogP contribution < -0.4 is 5.73 Å². The number of hydrogen-bond donors (Lipinski definition) is 3. The molecule has 4 aliphatic rings. The van der Waals surface area contributed by atoms with Crippen molar-refractivity contribution in [2.75, 3.05) is 0 Å². The minimum atomic E-state index is -1.82. The number of aliphatic hydroxyl groups is 2. The molecule has 4 rings (SSSR count). The highest BCUT2D eigenvalue weighted by Gasteiger charge is 2.66. The molecule has 23 heavy (non-hydrogen) atoms. The van der Waals surface area contributed by atoms with E-state index in [0.29, 0.717) is 6.42 Å². The maximum atomic E-state index is 16.4. The largest absolute Gasteiger partial charge is 0.362 e. The quantitative estimate of drug-likeness (QED) is 0.475. The molecule has 0 spiro atoms. The fourth-order valence-electron chi connectivity index (χ4n) is 6.11. The molecule has 4 heteroatoms. The Morgan fingerprint density at radius 1 is 1.09 bits per heavy atom. The van der Waals surface area contributed by atoms with Crippen LogP contribution in [0.2, 0.25) is 0 Å². The van der Waals surface area contributed by atoms with Crippen molar-refractivity contribution in [1.29, 1.82) is 0 Å². The number of allylic oxidation sites excluding steroid dienone is 3. The van der Waals surface area contributed by atoms with Crippen LogP contribution in [0.1, 0.15) is 46.0 Å². The third-order valence-corrected chi connectivity index (χ3v) is 7.91. The van der Waals surface area contributed by atoms with Crippen molar-refractivity contribution in [2.45, 2.75) is 63.4 Å². The van der Waals surface area contributed by atoms with Gasteiger partial charge in [0.1, 0.15) is 5.67 Å².